The number of hydrogen-bond acceptors (Lipinski definition) is 6. The summed E-state index contributed by atoms with van der Waals surface area (Å²) in [5.74, 6) is 0.349. The molecule has 0 N–H and O–H groups in total. The average Bonchev–Trinajstić information content (AvgIpc) is 2.68. The Morgan fingerprint density at radius 2 is 1.96 bits per heavy atom. The van der Waals surface area contributed by atoms with Gasteiger partial charge >= 0.3 is 0 Å². The number of ether oxygens (including phenoxy) is 1. The minimum absolute atomic E-state index is 0.108. The number of nitrogens with zero attached hydrogens (tertiary/aromatic N) is 3. The first-order chi connectivity index (χ1) is 12.6. The Morgan fingerprint density at radius 1 is 1.27 bits per heavy atom. The Labute approximate surface area is 157 Å². The highest BCUT2D eigenvalue weighted by Gasteiger charge is 2.29. The van der Waals surface area contributed by atoms with E-state index in [0.717, 1.165) is 50.6 Å². The molecule has 1 aromatic carbocycles. The van der Waals surface area contributed by atoms with E-state index in [1.54, 1.807) is 17.0 Å². The molecule has 0 atom stereocenters. The molecule has 3 rings (SSSR count). The number of carbonyl (C=O) groups excluding carboxylic acids is 1. The van der Waals surface area contributed by atoms with Gasteiger partial charge in [-0.1, -0.05) is 0 Å². The minimum Gasteiger partial charge on any atom is -0.379 e. The quantitative estimate of drug-likeness (QED) is 0.444. The molecular formula is C18H25N3O4S. The van der Waals surface area contributed by atoms with Gasteiger partial charge in [-0.05, 0) is 37.1 Å². The number of carbonyl (C=O) groups is 1. The fraction of sp³-hybridized carbons (Fsp3) is 0.611. The van der Waals surface area contributed by atoms with Crippen LogP contribution in [0.4, 0.5) is 5.69 Å². The molecule has 0 bridgehead atoms. The predicted octanol–water partition coefficient (Wildman–Crippen LogP) is 2.50. The molecule has 1 aromatic rings. The number of hydrogen-bond donors (Lipinski definition) is 0. The Bertz CT molecular complexity index is 656. The molecule has 2 aliphatic heterocycles. The average molecular weight is 379 g/mol. The van der Waals surface area contributed by atoms with Crippen LogP contribution in [-0.4, -0.2) is 72.8 Å². The van der Waals surface area contributed by atoms with Crippen LogP contribution < -0.4 is 0 Å². The third kappa shape index (κ3) is 4.55. The van der Waals surface area contributed by atoms with Crippen molar-refractivity contribution in [1.82, 2.24) is 9.80 Å². The second-order valence-electron chi connectivity index (χ2n) is 6.79. The molecule has 8 heteroatoms. The number of thioether (sulfide) groups is 1. The Kier molecular flexibility index (Phi) is 6.50. The number of nitro benzene ring substituents is 1. The molecule has 2 fully saturated rings. The van der Waals surface area contributed by atoms with E-state index < -0.39 is 4.92 Å². The summed E-state index contributed by atoms with van der Waals surface area (Å²) in [5.41, 5.74) is 0.0942. The molecule has 0 unspecified atom stereocenters. The third-order valence-corrected chi connectivity index (χ3v) is 5.88. The molecular weight excluding hydrogens is 354 g/mol. The molecule has 0 radical (unpaired) electrons. The molecule has 2 aliphatic rings. The maximum absolute atomic E-state index is 12.9. The largest absolute Gasteiger partial charge is 0.379 e. The zero-order chi connectivity index (χ0) is 18.5. The van der Waals surface area contributed by atoms with Gasteiger partial charge in [0.25, 0.3) is 11.6 Å². The summed E-state index contributed by atoms with van der Waals surface area (Å²) in [7, 11) is 0. The molecule has 142 valence electrons. The first-order valence-electron chi connectivity index (χ1n) is 9.00. The number of piperidine rings is 1. The van der Waals surface area contributed by atoms with Gasteiger partial charge in [-0.25, -0.2) is 0 Å². The lowest BCUT2D eigenvalue weighted by Gasteiger charge is -2.36. The van der Waals surface area contributed by atoms with Crippen molar-refractivity contribution >= 4 is 23.4 Å². The van der Waals surface area contributed by atoms with E-state index in [1.165, 1.54) is 17.8 Å². The number of rotatable bonds is 5. The van der Waals surface area contributed by atoms with Gasteiger partial charge in [0.1, 0.15) is 5.56 Å². The van der Waals surface area contributed by atoms with Crippen LogP contribution in [0.1, 0.15) is 23.2 Å². The molecule has 26 heavy (non-hydrogen) atoms. The highest BCUT2D eigenvalue weighted by molar-refractivity contribution is 7.98. The van der Waals surface area contributed by atoms with Crippen LogP contribution in [0.2, 0.25) is 0 Å². The Hall–Kier alpha value is -1.64. The van der Waals surface area contributed by atoms with Crippen molar-refractivity contribution in [1.29, 1.82) is 0 Å². The van der Waals surface area contributed by atoms with E-state index in [-0.39, 0.29) is 17.2 Å². The van der Waals surface area contributed by atoms with Crippen LogP contribution in [0.5, 0.6) is 0 Å². The highest BCUT2D eigenvalue weighted by atomic mass is 32.2. The summed E-state index contributed by atoms with van der Waals surface area (Å²) in [5, 5.41) is 11.3. The maximum atomic E-state index is 12.9. The van der Waals surface area contributed by atoms with Crippen LogP contribution in [-0.2, 0) is 4.74 Å². The van der Waals surface area contributed by atoms with Crippen molar-refractivity contribution in [2.24, 2.45) is 5.92 Å². The third-order valence-electron chi connectivity index (χ3n) is 5.15. The second-order valence-corrected chi connectivity index (χ2v) is 7.67. The van der Waals surface area contributed by atoms with E-state index in [4.69, 9.17) is 4.74 Å². The molecule has 0 aromatic heterocycles. The fourth-order valence-electron chi connectivity index (χ4n) is 3.61. The molecule has 0 spiro atoms. The Balaban J connectivity index is 1.62. The van der Waals surface area contributed by atoms with Crippen LogP contribution in [0.15, 0.2) is 23.1 Å². The van der Waals surface area contributed by atoms with Crippen molar-refractivity contribution in [2.75, 3.05) is 52.2 Å². The monoisotopic (exact) mass is 379 g/mol. The predicted molar refractivity (Wildman–Crippen MR) is 101 cm³/mol. The molecule has 7 nitrogen and oxygen atoms in total. The van der Waals surface area contributed by atoms with Gasteiger partial charge in [-0.2, -0.15) is 0 Å². The summed E-state index contributed by atoms with van der Waals surface area (Å²) in [6.07, 6.45) is 3.78. The molecule has 2 saturated heterocycles. The lowest BCUT2D eigenvalue weighted by molar-refractivity contribution is -0.385. The second kappa shape index (κ2) is 8.83. The van der Waals surface area contributed by atoms with E-state index in [1.807, 2.05) is 6.26 Å². The van der Waals surface area contributed by atoms with Gasteiger partial charge in [0.2, 0.25) is 0 Å². The lowest BCUT2D eigenvalue weighted by Crippen LogP contribution is -2.44. The first-order valence-corrected chi connectivity index (χ1v) is 10.2. The van der Waals surface area contributed by atoms with E-state index >= 15 is 0 Å². The van der Waals surface area contributed by atoms with Gasteiger partial charge in [0.15, 0.2) is 0 Å². The van der Waals surface area contributed by atoms with E-state index in [0.29, 0.717) is 19.0 Å². The Morgan fingerprint density at radius 3 is 2.58 bits per heavy atom. The summed E-state index contributed by atoms with van der Waals surface area (Å²) in [6.45, 7) is 5.93. The summed E-state index contributed by atoms with van der Waals surface area (Å²) < 4.78 is 5.38. The number of nitro groups is 1. The van der Waals surface area contributed by atoms with Crippen LogP contribution in [0.3, 0.4) is 0 Å². The smallest absolute Gasteiger partial charge is 0.282 e. The van der Waals surface area contributed by atoms with Crippen molar-refractivity contribution in [3.63, 3.8) is 0 Å². The van der Waals surface area contributed by atoms with Gasteiger partial charge in [0.05, 0.1) is 18.1 Å². The molecule has 2 heterocycles. The van der Waals surface area contributed by atoms with Crippen molar-refractivity contribution in [3.8, 4) is 0 Å². The summed E-state index contributed by atoms with van der Waals surface area (Å²) in [6, 6.07) is 4.77. The van der Waals surface area contributed by atoms with Crippen LogP contribution >= 0.6 is 11.8 Å². The van der Waals surface area contributed by atoms with Crippen molar-refractivity contribution < 1.29 is 14.5 Å². The SMILES string of the molecule is CSc1ccc([N+](=O)[O-])c(C(=O)N2CCC(CN3CCOCC3)CC2)c1. The number of morpholine rings is 1. The van der Waals surface area contributed by atoms with Gasteiger partial charge in [0, 0.05) is 43.7 Å². The standard InChI is InChI=1S/C18H25N3O4S/c1-26-15-2-3-17(21(23)24)16(12-15)18(22)20-6-4-14(5-7-20)13-19-8-10-25-11-9-19/h2-3,12,14H,4-11,13H2,1H3. The summed E-state index contributed by atoms with van der Waals surface area (Å²) >= 11 is 1.48. The van der Waals surface area contributed by atoms with Gasteiger partial charge < -0.3 is 9.64 Å². The topological polar surface area (TPSA) is 75.9 Å². The van der Waals surface area contributed by atoms with E-state index in [9.17, 15) is 14.9 Å². The molecule has 0 saturated carbocycles. The summed E-state index contributed by atoms with van der Waals surface area (Å²) in [4.78, 5) is 28.8. The van der Waals surface area contributed by atoms with Crippen LogP contribution in [0.25, 0.3) is 0 Å². The zero-order valence-corrected chi connectivity index (χ0v) is 15.9. The molecule has 0 aliphatic carbocycles. The number of benzene rings is 1. The van der Waals surface area contributed by atoms with Gasteiger partial charge in [-0.15, -0.1) is 11.8 Å². The first kappa shape index (κ1) is 19.1. The fourth-order valence-corrected chi connectivity index (χ4v) is 4.05. The van der Waals surface area contributed by atoms with Gasteiger partial charge in [-0.3, -0.25) is 19.8 Å². The van der Waals surface area contributed by atoms with Crippen LogP contribution in [0, 0.1) is 16.0 Å². The highest BCUT2D eigenvalue weighted by Crippen LogP contribution is 2.28. The molecule has 1 amide bonds. The normalized spacial score (nSPS) is 19.5. The van der Waals surface area contributed by atoms with Crippen molar-refractivity contribution in [3.05, 3.63) is 33.9 Å². The van der Waals surface area contributed by atoms with E-state index in [2.05, 4.69) is 4.90 Å². The number of likely N-dealkylation sites (tertiary alicyclic amines) is 1. The minimum atomic E-state index is -0.470. The zero-order valence-electron chi connectivity index (χ0n) is 15.1. The maximum Gasteiger partial charge on any atom is 0.282 e. The lowest BCUT2D eigenvalue weighted by atomic mass is 9.95. The number of amides is 1. The van der Waals surface area contributed by atoms with Crippen molar-refractivity contribution in [2.45, 2.75) is 17.7 Å².